The van der Waals surface area contributed by atoms with Crippen LogP contribution >= 0.6 is 0 Å². The number of methoxy groups -OCH3 is 1. The van der Waals surface area contributed by atoms with Gasteiger partial charge in [-0.25, -0.2) is 4.79 Å². The minimum absolute atomic E-state index is 0.198. The van der Waals surface area contributed by atoms with E-state index < -0.39 is 12.0 Å². The normalized spacial score (nSPS) is 11.9. The minimum atomic E-state index is -0.587. The number of ether oxygens (including phenoxy) is 1. The lowest BCUT2D eigenvalue weighted by atomic mass is 10.3. The van der Waals surface area contributed by atoms with Gasteiger partial charge in [-0.05, 0) is 19.9 Å². The number of hydrogen-bond donors (Lipinski definition) is 2. The van der Waals surface area contributed by atoms with E-state index in [1.165, 1.54) is 7.11 Å². The van der Waals surface area contributed by atoms with Crippen LogP contribution in [0.15, 0.2) is 0 Å². The monoisotopic (exact) mass is 202 g/mol. The molecule has 0 radical (unpaired) electrons. The summed E-state index contributed by atoms with van der Waals surface area (Å²) in [4.78, 5) is 22.1. The van der Waals surface area contributed by atoms with Crippen LogP contribution < -0.4 is 10.6 Å². The van der Waals surface area contributed by atoms with Gasteiger partial charge >= 0.3 is 5.97 Å². The number of rotatable bonds is 6. The van der Waals surface area contributed by atoms with Crippen LogP contribution in [0.25, 0.3) is 0 Å². The zero-order chi connectivity index (χ0) is 11.0. The highest BCUT2D eigenvalue weighted by Gasteiger charge is 2.14. The highest BCUT2D eigenvalue weighted by molar-refractivity contribution is 5.85. The van der Waals surface area contributed by atoms with Gasteiger partial charge in [-0.15, -0.1) is 0 Å². The van der Waals surface area contributed by atoms with E-state index in [1.54, 1.807) is 6.92 Å². The number of nitrogens with one attached hydrogen (secondary N) is 2. The summed E-state index contributed by atoms with van der Waals surface area (Å²) in [6, 6.07) is -0.587. The SMILES string of the molecule is CCCNCC(=O)NC(C)C(=O)OC. The summed E-state index contributed by atoms with van der Waals surface area (Å²) < 4.78 is 4.46. The van der Waals surface area contributed by atoms with E-state index in [0.717, 1.165) is 13.0 Å². The first kappa shape index (κ1) is 12.9. The van der Waals surface area contributed by atoms with E-state index in [-0.39, 0.29) is 12.5 Å². The Labute approximate surface area is 84.2 Å². The molecule has 2 N–H and O–H groups in total. The Morgan fingerprint density at radius 3 is 2.57 bits per heavy atom. The summed E-state index contributed by atoms with van der Waals surface area (Å²) >= 11 is 0. The molecule has 0 bridgehead atoms. The number of carbonyl (C=O) groups is 2. The van der Waals surface area contributed by atoms with Crippen LogP contribution in [-0.2, 0) is 14.3 Å². The molecule has 0 aromatic carbocycles. The molecular formula is C9H18N2O3. The van der Waals surface area contributed by atoms with Gasteiger partial charge in [-0.3, -0.25) is 4.79 Å². The van der Waals surface area contributed by atoms with E-state index in [2.05, 4.69) is 15.4 Å². The molecule has 0 aliphatic rings. The van der Waals surface area contributed by atoms with Crippen molar-refractivity contribution in [3.63, 3.8) is 0 Å². The second-order valence-corrected chi connectivity index (χ2v) is 2.99. The molecule has 1 atom stereocenters. The molecule has 0 saturated carbocycles. The molecule has 0 aromatic heterocycles. The van der Waals surface area contributed by atoms with Crippen LogP contribution in [0.1, 0.15) is 20.3 Å². The predicted octanol–water partition coefficient (Wildman–Crippen LogP) is -0.336. The van der Waals surface area contributed by atoms with Crippen LogP contribution in [0.3, 0.4) is 0 Å². The molecule has 1 unspecified atom stereocenters. The second-order valence-electron chi connectivity index (χ2n) is 2.99. The Balaban J connectivity index is 3.65. The van der Waals surface area contributed by atoms with Gasteiger partial charge in [0, 0.05) is 0 Å². The minimum Gasteiger partial charge on any atom is -0.467 e. The summed E-state index contributed by atoms with van der Waals surface area (Å²) in [6.07, 6.45) is 0.972. The maximum absolute atomic E-state index is 11.2. The summed E-state index contributed by atoms with van der Waals surface area (Å²) in [5, 5.41) is 5.45. The lowest BCUT2D eigenvalue weighted by molar-refractivity contribution is -0.144. The lowest BCUT2D eigenvalue weighted by Gasteiger charge is -2.11. The largest absolute Gasteiger partial charge is 0.467 e. The third kappa shape index (κ3) is 5.53. The summed E-state index contributed by atoms with van der Waals surface area (Å²) in [5.41, 5.74) is 0. The highest BCUT2D eigenvalue weighted by Crippen LogP contribution is 1.85. The van der Waals surface area contributed by atoms with Crippen molar-refractivity contribution in [2.45, 2.75) is 26.3 Å². The molecule has 14 heavy (non-hydrogen) atoms. The van der Waals surface area contributed by atoms with Crippen LogP contribution in [-0.4, -0.2) is 38.1 Å². The van der Waals surface area contributed by atoms with Crippen LogP contribution in [0, 0.1) is 0 Å². The van der Waals surface area contributed by atoms with Gasteiger partial charge in [-0.2, -0.15) is 0 Å². The van der Waals surface area contributed by atoms with E-state index in [1.807, 2.05) is 6.92 Å². The van der Waals surface area contributed by atoms with Crippen LogP contribution in [0.5, 0.6) is 0 Å². The number of hydrogen-bond acceptors (Lipinski definition) is 4. The highest BCUT2D eigenvalue weighted by atomic mass is 16.5. The van der Waals surface area contributed by atoms with Crippen LogP contribution in [0.2, 0.25) is 0 Å². The summed E-state index contributed by atoms with van der Waals surface area (Å²) in [5.74, 6) is -0.634. The van der Waals surface area contributed by atoms with E-state index in [9.17, 15) is 9.59 Å². The Bertz CT molecular complexity index is 194. The van der Waals surface area contributed by atoms with E-state index in [0.29, 0.717) is 0 Å². The fraction of sp³-hybridized carbons (Fsp3) is 0.778. The van der Waals surface area contributed by atoms with E-state index in [4.69, 9.17) is 0 Å². The van der Waals surface area contributed by atoms with Crippen molar-refractivity contribution in [2.75, 3.05) is 20.2 Å². The summed E-state index contributed by atoms with van der Waals surface area (Å²) in [6.45, 7) is 4.63. The molecule has 0 aliphatic carbocycles. The van der Waals surface area contributed by atoms with Gasteiger partial charge in [0.25, 0.3) is 0 Å². The molecule has 0 heterocycles. The standard InChI is InChI=1S/C9H18N2O3/c1-4-5-10-6-8(12)11-7(2)9(13)14-3/h7,10H,4-6H2,1-3H3,(H,11,12). The first-order valence-corrected chi connectivity index (χ1v) is 4.69. The Hall–Kier alpha value is -1.10. The van der Waals surface area contributed by atoms with Gasteiger partial charge in [0.1, 0.15) is 6.04 Å². The maximum atomic E-state index is 11.2. The van der Waals surface area contributed by atoms with Crippen molar-refractivity contribution in [2.24, 2.45) is 0 Å². The van der Waals surface area contributed by atoms with Crippen LogP contribution in [0.4, 0.5) is 0 Å². The van der Waals surface area contributed by atoms with Crippen molar-refractivity contribution >= 4 is 11.9 Å². The maximum Gasteiger partial charge on any atom is 0.328 e. The van der Waals surface area contributed by atoms with Gasteiger partial charge < -0.3 is 15.4 Å². The molecule has 0 aromatic rings. The first-order valence-electron chi connectivity index (χ1n) is 4.69. The van der Waals surface area contributed by atoms with Crippen molar-refractivity contribution in [3.8, 4) is 0 Å². The number of amides is 1. The Morgan fingerprint density at radius 1 is 1.43 bits per heavy atom. The van der Waals surface area contributed by atoms with Gasteiger partial charge in [0.15, 0.2) is 0 Å². The zero-order valence-corrected chi connectivity index (χ0v) is 8.92. The molecule has 0 aliphatic heterocycles. The van der Waals surface area contributed by atoms with Gasteiger partial charge in [0.05, 0.1) is 13.7 Å². The molecule has 0 saturated heterocycles. The zero-order valence-electron chi connectivity index (χ0n) is 8.92. The van der Waals surface area contributed by atoms with Gasteiger partial charge in [0.2, 0.25) is 5.91 Å². The average Bonchev–Trinajstić information content (AvgIpc) is 2.16. The number of carbonyl (C=O) groups excluding carboxylic acids is 2. The molecule has 0 spiro atoms. The van der Waals surface area contributed by atoms with Gasteiger partial charge in [-0.1, -0.05) is 6.92 Å². The van der Waals surface area contributed by atoms with E-state index >= 15 is 0 Å². The number of esters is 1. The quantitative estimate of drug-likeness (QED) is 0.457. The fourth-order valence-electron chi connectivity index (χ4n) is 0.907. The molecular weight excluding hydrogens is 184 g/mol. The van der Waals surface area contributed by atoms with Crippen molar-refractivity contribution in [3.05, 3.63) is 0 Å². The lowest BCUT2D eigenvalue weighted by Crippen LogP contribution is -2.43. The van der Waals surface area contributed by atoms with Crippen molar-refractivity contribution < 1.29 is 14.3 Å². The molecule has 0 fully saturated rings. The topological polar surface area (TPSA) is 67.4 Å². The smallest absolute Gasteiger partial charge is 0.328 e. The van der Waals surface area contributed by atoms with Crippen molar-refractivity contribution in [1.82, 2.24) is 10.6 Å². The molecule has 5 nitrogen and oxygen atoms in total. The third-order valence-electron chi connectivity index (χ3n) is 1.64. The average molecular weight is 202 g/mol. The third-order valence-corrected chi connectivity index (χ3v) is 1.64. The Morgan fingerprint density at radius 2 is 2.07 bits per heavy atom. The summed E-state index contributed by atoms with van der Waals surface area (Å²) in [7, 11) is 1.29. The van der Waals surface area contributed by atoms with Crippen molar-refractivity contribution in [1.29, 1.82) is 0 Å². The Kier molecular flexibility index (Phi) is 6.74. The fourth-order valence-corrected chi connectivity index (χ4v) is 0.907. The molecule has 0 rings (SSSR count). The molecule has 5 heteroatoms. The molecule has 1 amide bonds. The second kappa shape index (κ2) is 7.32. The first-order chi connectivity index (χ1) is 6.61. The predicted molar refractivity (Wildman–Crippen MR) is 52.8 cm³/mol. The molecule has 82 valence electrons.